The summed E-state index contributed by atoms with van der Waals surface area (Å²) in [7, 11) is 0. The van der Waals surface area contributed by atoms with Crippen LogP contribution in [0.5, 0.6) is 0 Å². The molecule has 0 heterocycles. The van der Waals surface area contributed by atoms with Crippen LogP contribution in [0, 0.1) is 0 Å². The summed E-state index contributed by atoms with van der Waals surface area (Å²) in [6, 6.07) is 27.8. The highest BCUT2D eigenvalue weighted by atomic mass is 16.3. The summed E-state index contributed by atoms with van der Waals surface area (Å²) in [5.74, 6) is -0.377. The Kier molecular flexibility index (Phi) is 8.38. The molecule has 0 radical (unpaired) electrons. The molecule has 3 aromatic rings. The minimum absolute atomic E-state index is 0.00302. The smallest absolute Gasteiger partial charge is 0.247 e. The zero-order valence-corrected chi connectivity index (χ0v) is 17.5. The molecule has 160 valence electrons. The zero-order chi connectivity index (χ0) is 21.9. The first-order chi connectivity index (χ1) is 15.2. The van der Waals surface area contributed by atoms with Crippen LogP contribution in [0.1, 0.15) is 29.2 Å². The first-order valence-electron chi connectivity index (χ1n) is 10.5. The van der Waals surface area contributed by atoms with E-state index >= 15 is 0 Å². The van der Waals surface area contributed by atoms with Crippen LogP contribution in [0.15, 0.2) is 91.0 Å². The van der Waals surface area contributed by atoms with E-state index in [4.69, 9.17) is 5.11 Å². The molecule has 1 atom stereocenters. The van der Waals surface area contributed by atoms with Crippen LogP contribution in [0.2, 0.25) is 0 Å². The van der Waals surface area contributed by atoms with Crippen LogP contribution in [-0.4, -0.2) is 35.0 Å². The molecule has 0 fully saturated rings. The number of hydrogen-bond acceptors (Lipinski definition) is 3. The quantitative estimate of drug-likeness (QED) is 0.497. The molecule has 5 heteroatoms. The molecule has 0 bridgehead atoms. The third-order valence-electron chi connectivity index (χ3n) is 5.02. The van der Waals surface area contributed by atoms with Gasteiger partial charge in [-0.2, -0.15) is 0 Å². The second kappa shape index (κ2) is 11.7. The third-order valence-corrected chi connectivity index (χ3v) is 5.02. The zero-order valence-electron chi connectivity index (χ0n) is 17.5. The van der Waals surface area contributed by atoms with Gasteiger partial charge < -0.3 is 15.3 Å². The van der Waals surface area contributed by atoms with Gasteiger partial charge in [-0.3, -0.25) is 9.59 Å². The lowest BCUT2D eigenvalue weighted by molar-refractivity contribution is -0.141. The Labute approximate surface area is 183 Å². The molecule has 0 saturated carbocycles. The first-order valence-corrected chi connectivity index (χ1v) is 10.5. The average Bonchev–Trinajstić information content (AvgIpc) is 2.81. The van der Waals surface area contributed by atoms with E-state index in [-0.39, 0.29) is 24.8 Å². The minimum Gasteiger partial charge on any atom is -0.396 e. The fraction of sp³-hybridized carbons (Fsp3) is 0.231. The van der Waals surface area contributed by atoms with E-state index in [1.165, 1.54) is 0 Å². The molecule has 3 aromatic carbocycles. The molecular weight excluding hydrogens is 388 g/mol. The lowest BCUT2D eigenvalue weighted by Gasteiger charge is -2.32. The molecule has 0 aliphatic heterocycles. The maximum atomic E-state index is 13.5. The van der Waals surface area contributed by atoms with E-state index in [1.54, 1.807) is 4.90 Å². The summed E-state index contributed by atoms with van der Waals surface area (Å²) in [6.45, 7) is 0.668. The summed E-state index contributed by atoms with van der Waals surface area (Å²) in [5.41, 5.74) is 2.60. The van der Waals surface area contributed by atoms with Crippen molar-refractivity contribution in [3.63, 3.8) is 0 Å². The standard InChI is InChI=1S/C26H28N2O3/c29-18-10-17-27-26(31)25(23-15-8-3-9-16-23)28(20-22-13-6-2-7-14-22)24(30)19-21-11-4-1-5-12-21/h1-9,11-16,25,29H,10,17-20H2,(H,27,31)/t25-/m0/s1. The molecule has 0 spiro atoms. The van der Waals surface area contributed by atoms with Gasteiger partial charge in [0.1, 0.15) is 6.04 Å². The largest absolute Gasteiger partial charge is 0.396 e. The molecule has 0 aliphatic carbocycles. The lowest BCUT2D eigenvalue weighted by atomic mass is 10.0. The molecule has 31 heavy (non-hydrogen) atoms. The topological polar surface area (TPSA) is 69.6 Å². The van der Waals surface area contributed by atoms with E-state index in [0.717, 1.165) is 16.7 Å². The minimum atomic E-state index is -0.767. The van der Waals surface area contributed by atoms with Crippen LogP contribution in [0.4, 0.5) is 0 Å². The van der Waals surface area contributed by atoms with Gasteiger partial charge in [0.15, 0.2) is 0 Å². The molecule has 0 saturated heterocycles. The second-order valence-corrected chi connectivity index (χ2v) is 7.35. The molecule has 2 N–H and O–H groups in total. The number of rotatable bonds is 10. The first kappa shape index (κ1) is 22.2. The molecule has 3 rings (SSSR count). The Bertz CT molecular complexity index is 946. The van der Waals surface area contributed by atoms with Crippen molar-refractivity contribution in [1.29, 1.82) is 0 Å². The number of nitrogens with zero attached hydrogens (tertiary/aromatic N) is 1. The van der Waals surface area contributed by atoms with Crippen molar-refractivity contribution >= 4 is 11.8 Å². The Hall–Kier alpha value is -3.44. The van der Waals surface area contributed by atoms with Gasteiger partial charge in [0.25, 0.3) is 0 Å². The maximum Gasteiger partial charge on any atom is 0.247 e. The van der Waals surface area contributed by atoms with Gasteiger partial charge in [0, 0.05) is 19.7 Å². The number of carbonyl (C=O) groups excluding carboxylic acids is 2. The van der Waals surface area contributed by atoms with Crippen molar-refractivity contribution in [2.75, 3.05) is 13.2 Å². The van der Waals surface area contributed by atoms with E-state index in [1.807, 2.05) is 91.0 Å². The van der Waals surface area contributed by atoms with Crippen molar-refractivity contribution in [2.24, 2.45) is 0 Å². The molecule has 5 nitrogen and oxygen atoms in total. The highest BCUT2D eigenvalue weighted by Gasteiger charge is 2.31. The third kappa shape index (κ3) is 6.52. The maximum absolute atomic E-state index is 13.5. The Morgan fingerprint density at radius 3 is 1.94 bits per heavy atom. The number of hydrogen-bond donors (Lipinski definition) is 2. The summed E-state index contributed by atoms with van der Waals surface area (Å²) in [5, 5.41) is 11.9. The fourth-order valence-corrected chi connectivity index (χ4v) is 3.47. The predicted molar refractivity (Wildman–Crippen MR) is 121 cm³/mol. The predicted octanol–water partition coefficient (Wildman–Crippen LogP) is 3.50. The van der Waals surface area contributed by atoms with E-state index in [0.29, 0.717) is 19.5 Å². The van der Waals surface area contributed by atoms with Crippen LogP contribution in [-0.2, 0) is 22.6 Å². The van der Waals surface area contributed by atoms with Gasteiger partial charge in [-0.1, -0.05) is 91.0 Å². The van der Waals surface area contributed by atoms with Gasteiger partial charge >= 0.3 is 0 Å². The molecule has 0 aliphatic rings. The van der Waals surface area contributed by atoms with Gasteiger partial charge in [-0.25, -0.2) is 0 Å². The number of benzene rings is 3. The van der Waals surface area contributed by atoms with Gasteiger partial charge in [-0.05, 0) is 23.1 Å². The van der Waals surface area contributed by atoms with Crippen molar-refractivity contribution in [3.8, 4) is 0 Å². The summed E-state index contributed by atoms with van der Waals surface area (Å²) < 4.78 is 0. The van der Waals surface area contributed by atoms with Crippen molar-refractivity contribution in [1.82, 2.24) is 10.2 Å². The molecule has 0 unspecified atom stereocenters. The number of amides is 2. The van der Waals surface area contributed by atoms with E-state index in [9.17, 15) is 9.59 Å². The molecule has 0 aromatic heterocycles. The Balaban J connectivity index is 1.94. The SMILES string of the molecule is O=C(NCCCO)[C@H](c1ccccc1)N(Cc1ccccc1)C(=O)Cc1ccccc1. The number of nitrogens with one attached hydrogen (secondary N) is 1. The van der Waals surface area contributed by atoms with Crippen LogP contribution >= 0.6 is 0 Å². The van der Waals surface area contributed by atoms with Crippen LogP contribution in [0.3, 0.4) is 0 Å². The normalized spacial score (nSPS) is 11.5. The summed E-state index contributed by atoms with van der Waals surface area (Å²) in [6.07, 6.45) is 0.671. The van der Waals surface area contributed by atoms with Crippen LogP contribution < -0.4 is 5.32 Å². The van der Waals surface area contributed by atoms with E-state index in [2.05, 4.69) is 5.32 Å². The van der Waals surface area contributed by atoms with Gasteiger partial charge in [0.2, 0.25) is 11.8 Å². The second-order valence-electron chi connectivity index (χ2n) is 7.35. The molecular formula is C26H28N2O3. The average molecular weight is 417 g/mol. The van der Waals surface area contributed by atoms with Crippen LogP contribution in [0.25, 0.3) is 0 Å². The highest BCUT2D eigenvalue weighted by molar-refractivity contribution is 5.89. The number of carbonyl (C=O) groups is 2. The lowest BCUT2D eigenvalue weighted by Crippen LogP contribution is -2.44. The van der Waals surface area contributed by atoms with Crippen molar-refractivity contribution in [2.45, 2.75) is 25.4 Å². The van der Waals surface area contributed by atoms with Gasteiger partial charge in [0.05, 0.1) is 6.42 Å². The summed E-state index contributed by atoms with van der Waals surface area (Å²) in [4.78, 5) is 28.3. The molecule has 2 amide bonds. The monoisotopic (exact) mass is 416 g/mol. The Morgan fingerprint density at radius 1 is 0.806 bits per heavy atom. The summed E-state index contributed by atoms with van der Waals surface area (Å²) >= 11 is 0. The number of aliphatic hydroxyl groups excluding tert-OH is 1. The Morgan fingerprint density at radius 2 is 1.35 bits per heavy atom. The number of aliphatic hydroxyl groups is 1. The van der Waals surface area contributed by atoms with Crippen molar-refractivity contribution in [3.05, 3.63) is 108 Å². The fourth-order valence-electron chi connectivity index (χ4n) is 3.47. The van der Waals surface area contributed by atoms with Gasteiger partial charge in [-0.15, -0.1) is 0 Å². The van der Waals surface area contributed by atoms with E-state index < -0.39 is 6.04 Å². The van der Waals surface area contributed by atoms with Crippen molar-refractivity contribution < 1.29 is 14.7 Å². The highest BCUT2D eigenvalue weighted by Crippen LogP contribution is 2.25.